The summed E-state index contributed by atoms with van der Waals surface area (Å²) in [6.07, 6.45) is 15.3. The van der Waals surface area contributed by atoms with Gasteiger partial charge in [0.05, 0.1) is 11.9 Å². The molecule has 0 radical (unpaired) electrons. The number of carbonyl (C=O) groups is 2. The molecule has 0 bridgehead atoms. The number of hydrogen-bond acceptors (Lipinski definition) is 5. The Hall–Kier alpha value is -0.0400. The summed E-state index contributed by atoms with van der Waals surface area (Å²) in [4.78, 5) is 22.0. The Kier molecular flexibility index (Phi) is 22.0. The van der Waals surface area contributed by atoms with Gasteiger partial charge in [-0.1, -0.05) is 84.5 Å². The average Bonchev–Trinajstić information content (AvgIpc) is 2.67. The van der Waals surface area contributed by atoms with Gasteiger partial charge in [-0.3, -0.25) is 0 Å². The second kappa shape index (κ2) is 20.6. The minimum absolute atomic E-state index is 0. The first-order valence-corrected chi connectivity index (χ1v) is 11.2. The molecule has 0 atom stereocenters. The standard InChI is InChI=1S/C24H39NO4.2Na/c1-19(2)14-12-10-8-6-4-3-5-7-9-11-13-15-25-22-17-20(23(26)27)16-21(18-22)24(28)29;;/h16-19,25H,3-15H2,1-2H3,(H,26,27)(H,28,29);;/q;2*+1/p-2. The second-order valence-corrected chi connectivity index (χ2v) is 8.37. The third-order valence-corrected chi connectivity index (χ3v) is 5.19. The minimum Gasteiger partial charge on any atom is -0.545 e. The summed E-state index contributed by atoms with van der Waals surface area (Å²) in [6.45, 7) is 5.26. The fourth-order valence-electron chi connectivity index (χ4n) is 3.47. The third-order valence-electron chi connectivity index (χ3n) is 5.19. The third kappa shape index (κ3) is 17.1. The zero-order valence-electron chi connectivity index (χ0n) is 20.1. The van der Waals surface area contributed by atoms with Gasteiger partial charge < -0.3 is 25.1 Å². The number of rotatable bonds is 17. The van der Waals surface area contributed by atoms with Gasteiger partial charge in [0.2, 0.25) is 0 Å². The number of anilines is 1. The molecule has 0 fully saturated rings. The molecule has 1 N–H and O–H groups in total. The van der Waals surface area contributed by atoms with E-state index in [1.54, 1.807) is 0 Å². The van der Waals surface area contributed by atoms with E-state index in [1.165, 1.54) is 76.3 Å². The molecule has 0 aliphatic heterocycles. The molecule has 1 rings (SSSR count). The van der Waals surface area contributed by atoms with Crippen LogP contribution < -0.4 is 74.6 Å². The maximum absolute atomic E-state index is 11.0. The van der Waals surface area contributed by atoms with Gasteiger partial charge in [0, 0.05) is 12.2 Å². The number of carboxylic acids is 2. The van der Waals surface area contributed by atoms with Crippen molar-refractivity contribution in [3.63, 3.8) is 0 Å². The summed E-state index contributed by atoms with van der Waals surface area (Å²) in [7, 11) is 0. The van der Waals surface area contributed by atoms with Crippen LogP contribution in [0.2, 0.25) is 0 Å². The van der Waals surface area contributed by atoms with E-state index in [-0.39, 0.29) is 70.2 Å². The predicted molar refractivity (Wildman–Crippen MR) is 114 cm³/mol. The monoisotopic (exact) mass is 449 g/mol. The van der Waals surface area contributed by atoms with E-state index >= 15 is 0 Å². The van der Waals surface area contributed by atoms with Crippen LogP contribution in [0.3, 0.4) is 0 Å². The van der Waals surface area contributed by atoms with Crippen LogP contribution in [0.5, 0.6) is 0 Å². The first-order chi connectivity index (χ1) is 13.9. The molecule has 0 unspecified atom stereocenters. The summed E-state index contributed by atoms with van der Waals surface area (Å²) >= 11 is 0. The van der Waals surface area contributed by atoms with Gasteiger partial charge in [-0.15, -0.1) is 0 Å². The predicted octanol–water partition coefficient (Wildman–Crippen LogP) is -1.83. The second-order valence-electron chi connectivity index (χ2n) is 8.37. The van der Waals surface area contributed by atoms with E-state index in [1.807, 2.05) is 0 Å². The zero-order chi connectivity index (χ0) is 21.5. The van der Waals surface area contributed by atoms with Crippen molar-refractivity contribution in [2.45, 2.75) is 90.9 Å². The molecule has 0 aliphatic carbocycles. The van der Waals surface area contributed by atoms with Crippen LogP contribution in [-0.4, -0.2) is 18.5 Å². The smallest absolute Gasteiger partial charge is 0.545 e. The molecule has 0 spiro atoms. The number of benzene rings is 1. The summed E-state index contributed by atoms with van der Waals surface area (Å²) in [5.74, 6) is -1.96. The molecular weight excluding hydrogens is 412 g/mol. The Morgan fingerprint density at radius 1 is 0.710 bits per heavy atom. The van der Waals surface area contributed by atoms with E-state index in [9.17, 15) is 19.8 Å². The van der Waals surface area contributed by atoms with Gasteiger partial charge in [-0.25, -0.2) is 0 Å². The number of carboxylic acid groups (broad SMARTS) is 2. The summed E-state index contributed by atoms with van der Waals surface area (Å²) in [6, 6.07) is 3.84. The molecule has 0 amide bonds. The molecule has 0 saturated heterocycles. The molecule has 1 aromatic rings. The van der Waals surface area contributed by atoms with E-state index in [0.717, 1.165) is 24.8 Å². The molecule has 0 aliphatic rings. The summed E-state index contributed by atoms with van der Waals surface area (Å²) < 4.78 is 0. The van der Waals surface area contributed by atoms with Crippen LogP contribution >= 0.6 is 0 Å². The first-order valence-electron chi connectivity index (χ1n) is 11.2. The molecule has 0 aromatic heterocycles. The molecule has 5 nitrogen and oxygen atoms in total. The maximum atomic E-state index is 11.0. The van der Waals surface area contributed by atoms with Crippen LogP contribution in [0.15, 0.2) is 18.2 Å². The Labute approximate surface area is 232 Å². The van der Waals surface area contributed by atoms with Crippen molar-refractivity contribution in [2.75, 3.05) is 11.9 Å². The molecule has 0 heterocycles. The van der Waals surface area contributed by atoms with Crippen LogP contribution in [0, 0.1) is 5.92 Å². The quantitative estimate of drug-likeness (QED) is 0.223. The number of nitrogens with one attached hydrogen (secondary N) is 1. The molecule has 164 valence electrons. The van der Waals surface area contributed by atoms with Gasteiger partial charge in [-0.2, -0.15) is 0 Å². The molecule has 0 saturated carbocycles. The van der Waals surface area contributed by atoms with Gasteiger partial charge in [-0.05, 0) is 41.7 Å². The van der Waals surface area contributed by atoms with Crippen molar-refractivity contribution in [1.82, 2.24) is 0 Å². The normalized spacial score (nSPS) is 10.3. The molecule has 7 heteroatoms. The van der Waals surface area contributed by atoms with E-state index in [4.69, 9.17) is 0 Å². The van der Waals surface area contributed by atoms with Crippen LogP contribution in [0.1, 0.15) is 112 Å². The SMILES string of the molecule is CC(C)CCCCCCCCCCCCCNc1cc(C(=O)[O-])cc(C(=O)[O-])c1.[Na+].[Na+]. The van der Waals surface area contributed by atoms with Crippen LogP contribution in [-0.2, 0) is 0 Å². The van der Waals surface area contributed by atoms with Crippen molar-refractivity contribution >= 4 is 17.6 Å². The van der Waals surface area contributed by atoms with Gasteiger partial charge in [0.25, 0.3) is 0 Å². The van der Waals surface area contributed by atoms with E-state index in [0.29, 0.717) is 12.2 Å². The minimum atomic E-state index is -1.40. The number of unbranched alkanes of at least 4 members (excludes halogenated alkanes) is 10. The van der Waals surface area contributed by atoms with Gasteiger partial charge in [0.15, 0.2) is 0 Å². The Morgan fingerprint density at radius 2 is 1.10 bits per heavy atom. The van der Waals surface area contributed by atoms with Crippen molar-refractivity contribution in [2.24, 2.45) is 5.92 Å². The summed E-state index contributed by atoms with van der Waals surface area (Å²) in [5.41, 5.74) is 0.155. The Morgan fingerprint density at radius 3 is 1.48 bits per heavy atom. The molecular formula is C24H37NNa2O4. The van der Waals surface area contributed by atoms with Crippen LogP contribution in [0.25, 0.3) is 0 Å². The first kappa shape index (κ1) is 33.1. The van der Waals surface area contributed by atoms with E-state index in [2.05, 4.69) is 19.2 Å². The largest absolute Gasteiger partial charge is 1.00 e. The number of hydrogen-bond donors (Lipinski definition) is 1. The van der Waals surface area contributed by atoms with Crippen LogP contribution in [0.4, 0.5) is 5.69 Å². The van der Waals surface area contributed by atoms with Gasteiger partial charge in [0.1, 0.15) is 0 Å². The Balaban J connectivity index is 0. The number of aromatic carboxylic acids is 2. The molecule has 1 aromatic carbocycles. The number of carbonyl (C=O) groups excluding carboxylic acids is 2. The molecule has 31 heavy (non-hydrogen) atoms. The zero-order valence-corrected chi connectivity index (χ0v) is 24.1. The fourth-order valence-corrected chi connectivity index (χ4v) is 3.47. The summed E-state index contributed by atoms with van der Waals surface area (Å²) in [5, 5.41) is 25.1. The average molecular weight is 450 g/mol. The van der Waals surface area contributed by atoms with E-state index < -0.39 is 11.9 Å². The van der Waals surface area contributed by atoms with Gasteiger partial charge >= 0.3 is 59.1 Å². The van der Waals surface area contributed by atoms with Crippen molar-refractivity contribution in [3.05, 3.63) is 29.3 Å². The Bertz CT molecular complexity index is 591. The fraction of sp³-hybridized carbons (Fsp3) is 0.667. The van der Waals surface area contributed by atoms with Crippen molar-refractivity contribution < 1.29 is 78.9 Å². The topological polar surface area (TPSA) is 92.3 Å². The van der Waals surface area contributed by atoms with Crippen molar-refractivity contribution in [1.29, 1.82) is 0 Å². The maximum Gasteiger partial charge on any atom is 1.00 e. The van der Waals surface area contributed by atoms with Crippen molar-refractivity contribution in [3.8, 4) is 0 Å².